The molecule has 3 heterocycles. The van der Waals surface area contributed by atoms with Crippen molar-refractivity contribution in [1.29, 1.82) is 0 Å². The first-order valence-electron chi connectivity index (χ1n) is 6.82. The minimum absolute atomic E-state index is 0.994. The molecule has 7 heteroatoms. The van der Waals surface area contributed by atoms with Crippen molar-refractivity contribution in [1.82, 2.24) is 8.75 Å². The monoisotopic (exact) mass is 484 g/mol. The summed E-state index contributed by atoms with van der Waals surface area (Å²) in [7, 11) is 0. The second-order valence-electron chi connectivity index (χ2n) is 5.25. The Hall–Kier alpha value is -0.600. The van der Waals surface area contributed by atoms with Crippen LogP contribution in [-0.4, -0.2) is 8.75 Å². The number of aryl methyl sites for hydroxylation is 2. The van der Waals surface area contributed by atoms with E-state index < -0.39 is 0 Å². The second kappa shape index (κ2) is 6.04. The number of halogens is 2. The standard InChI is InChI=1S/C16H10Br2N2S3/c1-7-5-11(17)21-15(7)9-3-4-10(14-13(9)19-23-20-14)16-8(2)6-12(18)22-16/h3-6H,1-2H3. The highest BCUT2D eigenvalue weighted by Crippen LogP contribution is 2.43. The highest BCUT2D eigenvalue weighted by Gasteiger charge is 2.18. The second-order valence-corrected chi connectivity index (χ2v) is 10.6. The number of benzene rings is 1. The third-order valence-electron chi connectivity index (χ3n) is 3.68. The Bertz CT molecular complexity index is 949. The molecule has 0 bridgehead atoms. The summed E-state index contributed by atoms with van der Waals surface area (Å²) in [5.74, 6) is 0. The Morgan fingerprint density at radius 1 is 0.783 bits per heavy atom. The number of rotatable bonds is 2. The Labute approximate surface area is 162 Å². The average Bonchev–Trinajstić information content (AvgIpc) is 3.17. The van der Waals surface area contributed by atoms with Crippen LogP contribution in [0.4, 0.5) is 0 Å². The SMILES string of the molecule is Cc1cc(Br)sc1-c1ccc(-c2sc(Br)cc2C)c2nsnc12. The van der Waals surface area contributed by atoms with Gasteiger partial charge in [0.25, 0.3) is 0 Å². The van der Waals surface area contributed by atoms with Crippen molar-refractivity contribution >= 4 is 77.3 Å². The number of hydrogen-bond donors (Lipinski definition) is 0. The fraction of sp³-hybridized carbons (Fsp3) is 0.125. The van der Waals surface area contributed by atoms with Crippen LogP contribution in [0.1, 0.15) is 11.1 Å². The third kappa shape index (κ3) is 2.72. The van der Waals surface area contributed by atoms with Crippen molar-refractivity contribution in [3.05, 3.63) is 43.0 Å². The predicted molar refractivity (Wildman–Crippen MR) is 109 cm³/mol. The third-order valence-corrected chi connectivity index (χ3v) is 7.76. The summed E-state index contributed by atoms with van der Waals surface area (Å²) in [4.78, 5) is 2.51. The first kappa shape index (κ1) is 15.9. The molecular weight excluding hydrogens is 476 g/mol. The van der Waals surface area contributed by atoms with E-state index in [1.54, 1.807) is 22.7 Å². The molecule has 0 atom stereocenters. The number of hydrogen-bond acceptors (Lipinski definition) is 5. The molecule has 0 radical (unpaired) electrons. The molecule has 0 amide bonds. The predicted octanol–water partition coefficient (Wildman–Crippen LogP) is 7.29. The molecule has 0 aliphatic rings. The van der Waals surface area contributed by atoms with Crippen LogP contribution in [0, 0.1) is 13.8 Å². The van der Waals surface area contributed by atoms with E-state index in [9.17, 15) is 0 Å². The van der Waals surface area contributed by atoms with Crippen LogP contribution >= 0.6 is 66.3 Å². The van der Waals surface area contributed by atoms with Gasteiger partial charge in [-0.1, -0.05) is 12.1 Å². The van der Waals surface area contributed by atoms with Crippen LogP contribution in [0.2, 0.25) is 0 Å². The molecule has 4 aromatic rings. The molecule has 0 spiro atoms. The fourth-order valence-corrected chi connectivity index (χ4v) is 6.74. The Morgan fingerprint density at radius 3 is 1.57 bits per heavy atom. The molecule has 0 saturated heterocycles. The van der Waals surface area contributed by atoms with Gasteiger partial charge >= 0.3 is 0 Å². The maximum atomic E-state index is 4.58. The largest absolute Gasteiger partial charge is 0.172 e. The summed E-state index contributed by atoms with van der Waals surface area (Å²) in [6.07, 6.45) is 0. The summed E-state index contributed by atoms with van der Waals surface area (Å²) < 4.78 is 11.4. The van der Waals surface area contributed by atoms with E-state index in [1.165, 1.54) is 43.7 Å². The van der Waals surface area contributed by atoms with Crippen LogP contribution in [0.25, 0.3) is 31.9 Å². The molecule has 4 rings (SSSR count). The van der Waals surface area contributed by atoms with Crippen molar-refractivity contribution in [2.24, 2.45) is 0 Å². The van der Waals surface area contributed by atoms with Crippen molar-refractivity contribution in [2.75, 3.05) is 0 Å². The highest BCUT2D eigenvalue weighted by atomic mass is 79.9. The minimum atomic E-state index is 0.994. The molecule has 3 aromatic heterocycles. The summed E-state index contributed by atoms with van der Waals surface area (Å²) in [5, 5.41) is 0. The van der Waals surface area contributed by atoms with Gasteiger partial charge in [0.05, 0.1) is 19.3 Å². The van der Waals surface area contributed by atoms with Gasteiger partial charge in [0.15, 0.2) is 0 Å². The normalized spacial score (nSPS) is 11.5. The number of nitrogens with zero attached hydrogens (tertiary/aromatic N) is 2. The quantitative estimate of drug-likeness (QED) is 0.298. The molecule has 0 fully saturated rings. The molecule has 2 nitrogen and oxygen atoms in total. The zero-order valence-corrected chi connectivity index (χ0v) is 17.8. The summed E-state index contributed by atoms with van der Waals surface area (Å²) in [5.41, 5.74) is 6.85. The Morgan fingerprint density at radius 2 is 1.22 bits per heavy atom. The molecule has 0 saturated carbocycles. The summed E-state index contributed by atoms with van der Waals surface area (Å²) in [6.45, 7) is 4.27. The minimum Gasteiger partial charge on any atom is -0.172 e. The van der Waals surface area contributed by atoms with Crippen molar-refractivity contribution in [3.63, 3.8) is 0 Å². The van der Waals surface area contributed by atoms with Gasteiger partial charge in [-0.2, -0.15) is 8.75 Å². The number of thiophene rings is 2. The lowest BCUT2D eigenvalue weighted by Gasteiger charge is -2.05. The van der Waals surface area contributed by atoms with E-state index in [-0.39, 0.29) is 0 Å². The van der Waals surface area contributed by atoms with E-state index in [4.69, 9.17) is 0 Å². The van der Waals surface area contributed by atoms with Gasteiger partial charge in [0.2, 0.25) is 0 Å². The van der Waals surface area contributed by atoms with Crippen molar-refractivity contribution in [3.8, 4) is 20.9 Å². The van der Waals surface area contributed by atoms with Gasteiger partial charge in [0.1, 0.15) is 11.0 Å². The first-order chi connectivity index (χ1) is 11.0. The Balaban J connectivity index is 1.98. The van der Waals surface area contributed by atoms with Crippen LogP contribution in [0.15, 0.2) is 31.8 Å². The van der Waals surface area contributed by atoms with E-state index in [0.29, 0.717) is 0 Å². The van der Waals surface area contributed by atoms with E-state index in [0.717, 1.165) is 18.6 Å². The smallest absolute Gasteiger partial charge is 0.114 e. The summed E-state index contributed by atoms with van der Waals surface area (Å²) in [6, 6.07) is 8.66. The molecule has 1 aromatic carbocycles. The van der Waals surface area contributed by atoms with Gasteiger partial charge in [-0.3, -0.25) is 0 Å². The van der Waals surface area contributed by atoms with Gasteiger partial charge in [-0.25, -0.2) is 0 Å². The lowest BCUT2D eigenvalue weighted by Crippen LogP contribution is -1.84. The molecule has 23 heavy (non-hydrogen) atoms. The van der Waals surface area contributed by atoms with Crippen LogP contribution < -0.4 is 0 Å². The molecule has 0 aliphatic heterocycles. The highest BCUT2D eigenvalue weighted by molar-refractivity contribution is 9.11. The van der Waals surface area contributed by atoms with Gasteiger partial charge in [-0.15, -0.1) is 22.7 Å². The maximum absolute atomic E-state index is 4.58. The van der Waals surface area contributed by atoms with Gasteiger partial charge in [-0.05, 0) is 69.0 Å². The molecule has 0 N–H and O–H groups in total. The lowest BCUT2D eigenvalue weighted by atomic mass is 10.0. The zero-order valence-electron chi connectivity index (χ0n) is 12.2. The molecule has 0 unspecified atom stereocenters. The Kier molecular flexibility index (Phi) is 4.18. The molecule has 0 aliphatic carbocycles. The topological polar surface area (TPSA) is 25.8 Å². The van der Waals surface area contributed by atoms with E-state index in [1.807, 2.05) is 0 Å². The van der Waals surface area contributed by atoms with E-state index >= 15 is 0 Å². The fourth-order valence-electron chi connectivity index (χ4n) is 2.65. The average molecular weight is 486 g/mol. The van der Waals surface area contributed by atoms with Crippen LogP contribution in [0.3, 0.4) is 0 Å². The molecule has 116 valence electrons. The van der Waals surface area contributed by atoms with Crippen LogP contribution in [-0.2, 0) is 0 Å². The van der Waals surface area contributed by atoms with Gasteiger partial charge < -0.3 is 0 Å². The lowest BCUT2D eigenvalue weighted by molar-refractivity contribution is 1.52. The zero-order chi connectivity index (χ0) is 16.1. The maximum Gasteiger partial charge on any atom is 0.114 e. The number of fused-ring (bicyclic) bond motifs is 1. The van der Waals surface area contributed by atoms with Crippen molar-refractivity contribution < 1.29 is 0 Å². The first-order valence-corrected chi connectivity index (χ1v) is 10.8. The van der Waals surface area contributed by atoms with Crippen molar-refractivity contribution in [2.45, 2.75) is 13.8 Å². The summed E-state index contributed by atoms with van der Waals surface area (Å²) >= 11 is 11.9. The molecular formula is C16H10Br2N2S3. The van der Waals surface area contributed by atoms with E-state index in [2.05, 4.69) is 78.7 Å². The number of aromatic nitrogens is 2. The van der Waals surface area contributed by atoms with Gasteiger partial charge in [0, 0.05) is 20.9 Å². The van der Waals surface area contributed by atoms with Crippen LogP contribution in [0.5, 0.6) is 0 Å².